The molecule has 2 amide bonds. The first-order valence-corrected chi connectivity index (χ1v) is 17.4. The molecule has 1 fully saturated rings. The van der Waals surface area contributed by atoms with Gasteiger partial charge in [-0.3, -0.25) is 14.3 Å². The minimum Gasteiger partial charge on any atom is -0.389 e. The highest BCUT2D eigenvalue weighted by molar-refractivity contribution is 7.99. The van der Waals surface area contributed by atoms with Gasteiger partial charge in [0.2, 0.25) is 0 Å². The van der Waals surface area contributed by atoms with Crippen molar-refractivity contribution in [2.24, 2.45) is 5.73 Å². The number of hydrogen-bond donors (Lipinski definition) is 3. The number of carbonyl (C=O) groups excluding carboxylic acids is 2. The summed E-state index contributed by atoms with van der Waals surface area (Å²) in [5.74, 6) is 7.12. The highest BCUT2D eigenvalue weighted by Gasteiger charge is 2.30. The van der Waals surface area contributed by atoms with Gasteiger partial charge in [0.15, 0.2) is 0 Å². The number of carbonyl (C=O) groups is 2. The quantitative estimate of drug-likeness (QED) is 0.231. The summed E-state index contributed by atoms with van der Waals surface area (Å²) in [4.78, 5) is 28.2. The normalized spacial score (nSPS) is 15.3. The second-order valence-electron chi connectivity index (χ2n) is 12.3. The smallest absolute Gasteiger partial charge is 0.311 e. The SMILES string of the molecule is CC(C)(O)CNCc1cc(C#Cc2cc(-c3nn(CCCN4CCSCC4)c4c3CN(C(=O)C(N)=O)CC4)ccc2Cl)ccc1Cl. The lowest BCUT2D eigenvalue weighted by Gasteiger charge is -2.27. The van der Waals surface area contributed by atoms with Crippen molar-refractivity contribution < 1.29 is 14.7 Å². The summed E-state index contributed by atoms with van der Waals surface area (Å²) >= 11 is 15.0. The molecule has 1 aromatic heterocycles. The summed E-state index contributed by atoms with van der Waals surface area (Å²) in [5, 5.41) is 19.4. The van der Waals surface area contributed by atoms with Crippen molar-refractivity contribution in [3.8, 4) is 23.1 Å². The molecule has 5 rings (SSSR count). The Kier molecular flexibility index (Phi) is 11.4. The van der Waals surface area contributed by atoms with E-state index in [4.69, 9.17) is 34.0 Å². The molecular weight excluding hydrogens is 643 g/mol. The maximum Gasteiger partial charge on any atom is 0.311 e. The van der Waals surface area contributed by atoms with Gasteiger partial charge in [-0.2, -0.15) is 16.9 Å². The predicted octanol–water partition coefficient (Wildman–Crippen LogP) is 3.93. The fourth-order valence-corrected chi connectivity index (χ4v) is 7.03. The van der Waals surface area contributed by atoms with Gasteiger partial charge in [0.1, 0.15) is 0 Å². The second-order valence-corrected chi connectivity index (χ2v) is 14.4. The molecule has 244 valence electrons. The van der Waals surface area contributed by atoms with E-state index in [0.717, 1.165) is 66.2 Å². The first-order chi connectivity index (χ1) is 22.0. The summed E-state index contributed by atoms with van der Waals surface area (Å²) in [7, 11) is 0. The molecule has 0 unspecified atom stereocenters. The number of nitrogens with zero attached hydrogens (tertiary/aromatic N) is 4. The maximum atomic E-state index is 12.5. The topological polar surface area (TPSA) is 117 Å². The van der Waals surface area contributed by atoms with Crippen LogP contribution in [0.1, 0.15) is 48.2 Å². The number of aryl methyl sites for hydroxylation is 1. The Bertz CT molecular complexity index is 1650. The number of halogens is 2. The highest BCUT2D eigenvalue weighted by Crippen LogP contribution is 2.32. The van der Waals surface area contributed by atoms with E-state index in [1.54, 1.807) is 13.8 Å². The van der Waals surface area contributed by atoms with Gasteiger partial charge in [-0.25, -0.2) is 0 Å². The fourth-order valence-electron chi connectivity index (χ4n) is 5.70. The number of thioether (sulfide) groups is 1. The van der Waals surface area contributed by atoms with E-state index in [1.807, 2.05) is 48.2 Å². The van der Waals surface area contributed by atoms with E-state index in [1.165, 1.54) is 16.4 Å². The molecule has 46 heavy (non-hydrogen) atoms. The Morgan fingerprint density at radius 1 is 1.07 bits per heavy atom. The number of aliphatic hydroxyl groups is 1. The zero-order valence-electron chi connectivity index (χ0n) is 26.2. The lowest BCUT2D eigenvalue weighted by atomic mass is 9.99. The molecule has 0 radical (unpaired) electrons. The summed E-state index contributed by atoms with van der Waals surface area (Å²) in [6.07, 6.45) is 1.56. The van der Waals surface area contributed by atoms with Crippen LogP contribution in [0, 0.1) is 11.8 Å². The molecule has 12 heteroatoms. The van der Waals surface area contributed by atoms with Crippen molar-refractivity contribution in [2.45, 2.75) is 51.9 Å². The predicted molar refractivity (Wildman–Crippen MR) is 185 cm³/mol. The van der Waals surface area contributed by atoms with E-state index in [-0.39, 0.29) is 6.54 Å². The minimum absolute atomic E-state index is 0.258. The van der Waals surface area contributed by atoms with Crippen LogP contribution in [-0.2, 0) is 35.6 Å². The lowest BCUT2D eigenvalue weighted by Crippen LogP contribution is -2.43. The molecule has 3 heterocycles. The number of amides is 2. The standard InChI is InChI=1S/C34H40Cl2N6O3S/c1-34(2,45)22-38-20-26-18-23(5-8-29(26)36)4-6-24-19-25(7-9-28(24)35)31-27-21-41(33(44)32(37)43)13-10-30(27)42(39-31)12-3-11-40-14-16-46-17-15-40/h5,7-9,18-19,38,45H,3,10-17,20-22H2,1-2H3,(H2,37,43). The van der Waals surface area contributed by atoms with Gasteiger partial charge < -0.3 is 26.0 Å². The van der Waals surface area contributed by atoms with Gasteiger partial charge >= 0.3 is 11.8 Å². The summed E-state index contributed by atoms with van der Waals surface area (Å²) < 4.78 is 2.07. The van der Waals surface area contributed by atoms with Crippen molar-refractivity contribution in [3.63, 3.8) is 0 Å². The number of primary amides is 1. The number of hydrogen-bond acceptors (Lipinski definition) is 7. The summed E-state index contributed by atoms with van der Waals surface area (Å²) in [5.41, 5.74) is 10.4. The van der Waals surface area contributed by atoms with Crippen molar-refractivity contribution in [3.05, 3.63) is 74.4 Å². The van der Waals surface area contributed by atoms with Gasteiger partial charge in [-0.15, -0.1) is 0 Å². The van der Waals surface area contributed by atoms with E-state index in [2.05, 4.69) is 26.7 Å². The number of benzene rings is 2. The molecular formula is C34H40Cl2N6O3S. The molecule has 0 saturated carbocycles. The zero-order valence-corrected chi connectivity index (χ0v) is 28.6. The second kappa shape index (κ2) is 15.2. The average molecular weight is 684 g/mol. The third-order valence-electron chi connectivity index (χ3n) is 8.08. The van der Waals surface area contributed by atoms with Crippen LogP contribution >= 0.6 is 35.0 Å². The van der Waals surface area contributed by atoms with Crippen LogP contribution in [0.3, 0.4) is 0 Å². The molecule has 0 spiro atoms. The Labute approximate surface area is 284 Å². The summed E-state index contributed by atoms with van der Waals surface area (Å²) in [6, 6.07) is 11.2. The van der Waals surface area contributed by atoms with Crippen molar-refractivity contribution in [1.29, 1.82) is 0 Å². The molecule has 9 nitrogen and oxygen atoms in total. The summed E-state index contributed by atoms with van der Waals surface area (Å²) in [6.45, 7) is 9.08. The molecule has 0 atom stereocenters. The molecule has 2 aliphatic heterocycles. The third-order valence-corrected chi connectivity index (χ3v) is 9.72. The molecule has 4 N–H and O–H groups in total. The van der Waals surface area contributed by atoms with Gasteiger partial charge in [-0.1, -0.05) is 41.1 Å². The third kappa shape index (κ3) is 8.85. The highest BCUT2D eigenvalue weighted by atomic mass is 35.5. The van der Waals surface area contributed by atoms with Gasteiger partial charge in [0, 0.05) is 90.2 Å². The van der Waals surface area contributed by atoms with Gasteiger partial charge in [-0.05, 0) is 62.7 Å². The van der Waals surface area contributed by atoms with Crippen LogP contribution in [-0.4, -0.2) is 86.3 Å². The lowest BCUT2D eigenvalue weighted by molar-refractivity contribution is -0.144. The largest absolute Gasteiger partial charge is 0.389 e. The Hall–Kier alpha value is -3.04. The van der Waals surface area contributed by atoms with E-state index >= 15 is 0 Å². The van der Waals surface area contributed by atoms with Crippen molar-refractivity contribution >= 4 is 46.8 Å². The minimum atomic E-state index is -0.959. The van der Waals surface area contributed by atoms with Crippen molar-refractivity contribution in [2.75, 3.05) is 44.2 Å². The Balaban J connectivity index is 1.41. The van der Waals surface area contributed by atoms with Gasteiger partial charge in [0.25, 0.3) is 0 Å². The molecule has 2 aliphatic rings. The first kappa shape index (κ1) is 34.3. The molecule has 1 saturated heterocycles. The van der Waals surface area contributed by atoms with E-state index in [9.17, 15) is 14.7 Å². The monoisotopic (exact) mass is 682 g/mol. The van der Waals surface area contributed by atoms with Gasteiger partial charge in [0.05, 0.1) is 22.9 Å². The number of rotatable bonds is 9. The van der Waals surface area contributed by atoms with E-state index in [0.29, 0.717) is 41.7 Å². The number of nitrogens with one attached hydrogen (secondary N) is 1. The van der Waals surface area contributed by atoms with Crippen LogP contribution in [0.25, 0.3) is 11.3 Å². The van der Waals surface area contributed by atoms with E-state index < -0.39 is 17.4 Å². The Morgan fingerprint density at radius 3 is 2.57 bits per heavy atom. The maximum absolute atomic E-state index is 12.5. The number of fused-ring (bicyclic) bond motifs is 1. The molecule has 0 aliphatic carbocycles. The molecule has 0 bridgehead atoms. The molecule has 2 aromatic carbocycles. The van der Waals surface area contributed by atoms with Crippen LogP contribution < -0.4 is 11.1 Å². The van der Waals surface area contributed by atoms with Crippen LogP contribution in [0.4, 0.5) is 0 Å². The van der Waals surface area contributed by atoms with Crippen LogP contribution in [0.2, 0.25) is 10.0 Å². The van der Waals surface area contributed by atoms with Crippen LogP contribution in [0.5, 0.6) is 0 Å². The van der Waals surface area contributed by atoms with Crippen molar-refractivity contribution in [1.82, 2.24) is 24.9 Å². The number of aromatic nitrogens is 2. The first-order valence-electron chi connectivity index (χ1n) is 15.5. The van der Waals surface area contributed by atoms with Crippen LogP contribution in [0.15, 0.2) is 36.4 Å². The average Bonchev–Trinajstić information content (AvgIpc) is 3.39. The Morgan fingerprint density at radius 2 is 1.83 bits per heavy atom. The molecule has 3 aromatic rings. The number of nitrogens with two attached hydrogens (primary N) is 1. The zero-order chi connectivity index (χ0) is 32.8. The fraction of sp³-hybridized carbons (Fsp3) is 0.441.